The Morgan fingerprint density at radius 2 is 1.87 bits per heavy atom. The van der Waals surface area contributed by atoms with Gasteiger partial charge in [0, 0.05) is 44.1 Å². The maximum absolute atomic E-state index is 12.8. The Morgan fingerprint density at radius 1 is 1.30 bits per heavy atom. The minimum atomic E-state index is -3.18. The van der Waals surface area contributed by atoms with E-state index in [1.54, 1.807) is 7.05 Å². The molecule has 0 spiro atoms. The van der Waals surface area contributed by atoms with Crippen LogP contribution in [0.2, 0.25) is 0 Å². The van der Waals surface area contributed by atoms with Crippen LogP contribution in [0.1, 0.15) is 41.5 Å². The first kappa shape index (κ1) is 18.0. The Hall–Kier alpha value is -1.34. The number of aromatic nitrogens is 1. The van der Waals surface area contributed by atoms with E-state index in [1.165, 1.54) is 10.6 Å². The smallest absolute Gasteiger partial charge is 0.255 e. The fourth-order valence-electron chi connectivity index (χ4n) is 3.38. The van der Waals surface area contributed by atoms with Crippen LogP contribution in [0.15, 0.2) is 6.07 Å². The number of rotatable bonds is 4. The predicted molar refractivity (Wildman–Crippen MR) is 91.1 cm³/mol. The van der Waals surface area contributed by atoms with Gasteiger partial charge in [-0.3, -0.25) is 4.79 Å². The quantitative estimate of drug-likeness (QED) is 0.836. The molecule has 0 radical (unpaired) electrons. The number of piperidine rings is 1. The van der Waals surface area contributed by atoms with Crippen molar-refractivity contribution < 1.29 is 13.2 Å². The van der Waals surface area contributed by atoms with Gasteiger partial charge in [0.05, 0.1) is 11.8 Å². The molecule has 6 nitrogen and oxygen atoms in total. The topological polar surface area (TPSA) is 62.6 Å². The zero-order valence-electron chi connectivity index (χ0n) is 14.7. The van der Waals surface area contributed by atoms with E-state index in [4.69, 9.17) is 0 Å². The third-order valence-electron chi connectivity index (χ3n) is 4.91. The van der Waals surface area contributed by atoms with Crippen LogP contribution in [0.4, 0.5) is 0 Å². The number of aryl methyl sites for hydroxylation is 1. The molecule has 1 aliphatic rings. The van der Waals surface area contributed by atoms with Gasteiger partial charge in [-0.25, -0.2) is 12.7 Å². The third kappa shape index (κ3) is 3.61. The molecule has 0 saturated carbocycles. The third-order valence-corrected chi connectivity index (χ3v) is 6.25. The average Bonchev–Trinajstić information content (AvgIpc) is 2.79. The first-order valence-corrected chi connectivity index (χ1v) is 9.90. The van der Waals surface area contributed by atoms with E-state index in [1.807, 2.05) is 24.8 Å². The summed E-state index contributed by atoms with van der Waals surface area (Å²) in [4.78, 5) is 14.6. The molecule has 0 aromatic carbocycles. The Balaban J connectivity index is 2.07. The fraction of sp³-hybridized carbons (Fsp3) is 0.688. The van der Waals surface area contributed by atoms with Crippen molar-refractivity contribution in [2.45, 2.75) is 46.2 Å². The molecule has 0 atom stereocenters. The SMILES string of the molecule is CCn1c(C)cc(C(=O)N2CCC(N(C)S(C)(=O)=O)CC2)c1C. The molecule has 1 aromatic heterocycles. The highest BCUT2D eigenvalue weighted by atomic mass is 32.2. The highest BCUT2D eigenvalue weighted by Crippen LogP contribution is 2.22. The van der Waals surface area contributed by atoms with Crippen molar-refractivity contribution in [3.8, 4) is 0 Å². The summed E-state index contributed by atoms with van der Waals surface area (Å²) in [6, 6.07) is 1.94. The highest BCUT2D eigenvalue weighted by Gasteiger charge is 2.30. The van der Waals surface area contributed by atoms with Crippen molar-refractivity contribution in [1.29, 1.82) is 0 Å². The first-order valence-electron chi connectivity index (χ1n) is 8.05. The second-order valence-corrected chi connectivity index (χ2v) is 8.37. The van der Waals surface area contributed by atoms with Gasteiger partial charge in [-0.1, -0.05) is 0 Å². The summed E-state index contributed by atoms with van der Waals surface area (Å²) in [7, 11) is -1.56. The molecule has 1 saturated heterocycles. The number of carbonyl (C=O) groups excluding carboxylic acids is 1. The maximum atomic E-state index is 12.8. The van der Waals surface area contributed by atoms with Crippen LogP contribution in [0, 0.1) is 13.8 Å². The van der Waals surface area contributed by atoms with E-state index >= 15 is 0 Å². The summed E-state index contributed by atoms with van der Waals surface area (Å²) in [6.07, 6.45) is 2.59. The zero-order chi connectivity index (χ0) is 17.4. The molecule has 0 N–H and O–H groups in total. The van der Waals surface area contributed by atoms with Crippen molar-refractivity contribution in [2.24, 2.45) is 0 Å². The van der Waals surface area contributed by atoms with Gasteiger partial charge < -0.3 is 9.47 Å². The summed E-state index contributed by atoms with van der Waals surface area (Å²) >= 11 is 0. The van der Waals surface area contributed by atoms with E-state index in [0.29, 0.717) is 25.9 Å². The van der Waals surface area contributed by atoms with E-state index in [2.05, 4.69) is 11.5 Å². The molecular formula is C16H27N3O3S. The predicted octanol–water partition coefficient (Wildman–Crippen LogP) is 1.62. The van der Waals surface area contributed by atoms with E-state index in [0.717, 1.165) is 23.5 Å². The van der Waals surface area contributed by atoms with Gasteiger partial charge in [-0.05, 0) is 39.7 Å². The summed E-state index contributed by atoms with van der Waals surface area (Å²) in [5.41, 5.74) is 2.87. The van der Waals surface area contributed by atoms with Gasteiger partial charge in [0.15, 0.2) is 0 Å². The summed E-state index contributed by atoms with van der Waals surface area (Å²) in [5.74, 6) is 0.0539. The molecule has 0 aliphatic carbocycles. The Labute approximate surface area is 139 Å². The number of carbonyl (C=O) groups is 1. The first-order chi connectivity index (χ1) is 10.7. The van der Waals surface area contributed by atoms with Crippen molar-refractivity contribution in [1.82, 2.24) is 13.8 Å². The van der Waals surface area contributed by atoms with Gasteiger partial charge >= 0.3 is 0 Å². The molecule has 1 aromatic rings. The number of sulfonamides is 1. The van der Waals surface area contributed by atoms with Crippen LogP contribution in [-0.4, -0.2) is 60.5 Å². The van der Waals surface area contributed by atoms with Crippen molar-refractivity contribution >= 4 is 15.9 Å². The number of nitrogens with zero attached hydrogens (tertiary/aromatic N) is 3. The van der Waals surface area contributed by atoms with Crippen molar-refractivity contribution in [2.75, 3.05) is 26.4 Å². The van der Waals surface area contributed by atoms with Crippen molar-refractivity contribution in [3.05, 3.63) is 23.0 Å². The minimum Gasteiger partial charge on any atom is -0.349 e. The van der Waals surface area contributed by atoms with Crippen LogP contribution < -0.4 is 0 Å². The minimum absolute atomic E-state index is 0.0166. The lowest BCUT2D eigenvalue weighted by Crippen LogP contribution is -2.47. The van der Waals surface area contributed by atoms with Gasteiger partial charge in [0.2, 0.25) is 10.0 Å². The van der Waals surface area contributed by atoms with Crippen LogP contribution in [-0.2, 0) is 16.6 Å². The molecule has 2 heterocycles. The van der Waals surface area contributed by atoms with Crippen LogP contribution in [0.3, 0.4) is 0 Å². The largest absolute Gasteiger partial charge is 0.349 e. The van der Waals surface area contributed by atoms with Gasteiger partial charge in [-0.2, -0.15) is 0 Å². The van der Waals surface area contributed by atoms with E-state index < -0.39 is 10.0 Å². The van der Waals surface area contributed by atoms with E-state index in [9.17, 15) is 13.2 Å². The summed E-state index contributed by atoms with van der Waals surface area (Å²) < 4.78 is 26.8. The normalized spacial score (nSPS) is 17.0. The highest BCUT2D eigenvalue weighted by molar-refractivity contribution is 7.88. The molecular weight excluding hydrogens is 314 g/mol. The molecule has 23 heavy (non-hydrogen) atoms. The lowest BCUT2D eigenvalue weighted by Gasteiger charge is -2.35. The molecule has 1 fully saturated rings. The Bertz CT molecular complexity index is 686. The monoisotopic (exact) mass is 341 g/mol. The molecule has 0 bridgehead atoms. The van der Waals surface area contributed by atoms with Gasteiger partial charge in [0.25, 0.3) is 5.91 Å². The second-order valence-electron chi connectivity index (χ2n) is 6.33. The Morgan fingerprint density at radius 3 is 2.30 bits per heavy atom. The number of amides is 1. The Kier molecular flexibility index (Phi) is 5.20. The van der Waals surface area contributed by atoms with Crippen LogP contribution in [0.5, 0.6) is 0 Å². The summed E-state index contributed by atoms with van der Waals surface area (Å²) in [6.45, 7) is 8.11. The van der Waals surface area contributed by atoms with Crippen LogP contribution in [0.25, 0.3) is 0 Å². The standard InChI is InChI=1S/C16H27N3O3S/c1-6-19-12(2)11-15(13(19)3)16(20)18-9-7-14(8-10-18)17(4)23(5,21)22/h11,14H,6-10H2,1-5H3. The van der Waals surface area contributed by atoms with Gasteiger partial charge in [-0.15, -0.1) is 0 Å². The summed E-state index contributed by atoms with van der Waals surface area (Å²) in [5, 5.41) is 0. The molecule has 1 aliphatic heterocycles. The number of hydrogen-bond donors (Lipinski definition) is 0. The van der Waals surface area contributed by atoms with Crippen LogP contribution >= 0.6 is 0 Å². The lowest BCUT2D eigenvalue weighted by atomic mass is 10.0. The molecule has 7 heteroatoms. The van der Waals surface area contributed by atoms with Crippen molar-refractivity contribution in [3.63, 3.8) is 0 Å². The van der Waals surface area contributed by atoms with Gasteiger partial charge in [0.1, 0.15) is 0 Å². The lowest BCUT2D eigenvalue weighted by molar-refractivity contribution is 0.0685. The molecule has 0 unspecified atom stereocenters. The molecule has 2 rings (SSSR count). The fourth-order valence-corrected chi connectivity index (χ4v) is 4.13. The van der Waals surface area contributed by atoms with E-state index in [-0.39, 0.29) is 11.9 Å². The zero-order valence-corrected chi connectivity index (χ0v) is 15.5. The molecule has 1 amide bonds. The second kappa shape index (κ2) is 6.65. The maximum Gasteiger partial charge on any atom is 0.255 e. The average molecular weight is 341 g/mol. The number of hydrogen-bond acceptors (Lipinski definition) is 3. The number of likely N-dealkylation sites (tertiary alicyclic amines) is 1. The molecule has 130 valence electrons.